The molecule has 0 aromatic heterocycles. The summed E-state index contributed by atoms with van der Waals surface area (Å²) in [6.45, 7) is 8.82. The first-order valence-corrected chi connectivity index (χ1v) is 17.8. The average molecular weight is 619 g/mol. The van der Waals surface area contributed by atoms with E-state index in [0.29, 0.717) is 11.3 Å². The van der Waals surface area contributed by atoms with Gasteiger partial charge in [-0.25, -0.2) is 4.79 Å². The molecule has 0 aliphatic heterocycles. The van der Waals surface area contributed by atoms with Crippen LogP contribution in [0.15, 0.2) is 91.0 Å². The zero-order valence-electron chi connectivity index (χ0n) is 28.7. The molecule has 3 nitrogen and oxygen atoms in total. The molecule has 4 rings (SSSR count). The Morgan fingerprint density at radius 3 is 1.70 bits per heavy atom. The molecule has 1 unspecified atom stereocenters. The van der Waals surface area contributed by atoms with E-state index in [9.17, 15) is 4.79 Å². The molecule has 4 aromatic rings. The molecule has 0 aliphatic carbocycles. The third-order valence-electron chi connectivity index (χ3n) is 8.90. The Balaban J connectivity index is 1.26. The Bertz CT molecular complexity index is 1450. The van der Waals surface area contributed by atoms with E-state index in [-0.39, 0.29) is 12.1 Å². The van der Waals surface area contributed by atoms with Crippen molar-refractivity contribution >= 4 is 5.97 Å². The normalized spacial score (nSPS) is 11.7. The standard InChI is InChI=1S/C43H54O3/c1-5-7-9-10-11-12-13-15-17-35-18-27-40(32-33(35)3)38-21-19-36(20-22-38)37-23-25-39(26-24-37)43(44)46-42-30-28-41(29-31-42)45-34(4)16-14-8-6-2/h18-32,34H,5-17H2,1-4H3. The van der Waals surface area contributed by atoms with E-state index in [1.54, 1.807) is 12.1 Å². The van der Waals surface area contributed by atoms with Crippen molar-refractivity contribution in [2.45, 2.75) is 117 Å². The van der Waals surface area contributed by atoms with Crippen LogP contribution in [0.3, 0.4) is 0 Å². The minimum atomic E-state index is -0.371. The first kappa shape index (κ1) is 35.0. The van der Waals surface area contributed by atoms with Gasteiger partial charge in [-0.15, -0.1) is 0 Å². The van der Waals surface area contributed by atoms with Crippen LogP contribution in [0.1, 0.15) is 119 Å². The third kappa shape index (κ3) is 11.2. The summed E-state index contributed by atoms with van der Waals surface area (Å²) in [7, 11) is 0. The SMILES string of the molecule is CCCCCCCCCCc1ccc(-c2ccc(-c3ccc(C(=O)Oc4ccc(OC(C)CCCCC)cc4)cc3)cc2)cc1C. The summed E-state index contributed by atoms with van der Waals surface area (Å²) in [4.78, 5) is 12.8. The Hall–Kier alpha value is -3.85. The number of carbonyl (C=O) groups excluding carboxylic acids is 1. The Morgan fingerprint density at radius 1 is 0.587 bits per heavy atom. The number of hydrogen-bond acceptors (Lipinski definition) is 3. The Kier molecular flexibility index (Phi) is 14.4. The topological polar surface area (TPSA) is 35.5 Å². The van der Waals surface area contributed by atoms with Gasteiger partial charge in [0.2, 0.25) is 0 Å². The van der Waals surface area contributed by atoms with Gasteiger partial charge in [-0.3, -0.25) is 0 Å². The first-order valence-electron chi connectivity index (χ1n) is 17.8. The van der Waals surface area contributed by atoms with E-state index in [1.165, 1.54) is 99.3 Å². The van der Waals surface area contributed by atoms with Crippen LogP contribution in [-0.2, 0) is 6.42 Å². The maximum Gasteiger partial charge on any atom is 0.343 e. The lowest BCUT2D eigenvalue weighted by atomic mass is 9.95. The van der Waals surface area contributed by atoms with Crippen LogP contribution in [0.2, 0.25) is 0 Å². The highest BCUT2D eigenvalue weighted by Crippen LogP contribution is 2.28. The monoisotopic (exact) mass is 618 g/mol. The van der Waals surface area contributed by atoms with Crippen LogP contribution < -0.4 is 9.47 Å². The molecule has 0 radical (unpaired) electrons. The second kappa shape index (κ2) is 19.0. The smallest absolute Gasteiger partial charge is 0.343 e. The molecular formula is C43H54O3. The quantitative estimate of drug-likeness (QED) is 0.0596. The Labute approximate surface area is 278 Å². The second-order valence-corrected chi connectivity index (χ2v) is 12.8. The van der Waals surface area contributed by atoms with Crippen molar-refractivity contribution < 1.29 is 14.3 Å². The molecule has 244 valence electrons. The van der Waals surface area contributed by atoms with Crippen molar-refractivity contribution in [3.05, 3.63) is 108 Å². The zero-order valence-corrected chi connectivity index (χ0v) is 28.7. The van der Waals surface area contributed by atoms with Crippen molar-refractivity contribution in [2.75, 3.05) is 0 Å². The van der Waals surface area contributed by atoms with Crippen molar-refractivity contribution in [1.29, 1.82) is 0 Å². The molecule has 3 heteroatoms. The van der Waals surface area contributed by atoms with Crippen LogP contribution in [0.4, 0.5) is 0 Å². The molecule has 0 spiro atoms. The number of unbranched alkanes of at least 4 members (excludes halogenated alkanes) is 9. The number of benzene rings is 4. The predicted octanol–water partition coefficient (Wildman–Crippen LogP) is 12.6. The van der Waals surface area contributed by atoms with Gasteiger partial charge in [0.25, 0.3) is 0 Å². The van der Waals surface area contributed by atoms with Crippen molar-refractivity contribution in [1.82, 2.24) is 0 Å². The molecule has 0 heterocycles. The van der Waals surface area contributed by atoms with Gasteiger partial charge in [0.05, 0.1) is 11.7 Å². The molecule has 0 aliphatic rings. The molecule has 1 atom stereocenters. The van der Waals surface area contributed by atoms with E-state index in [0.717, 1.165) is 23.3 Å². The second-order valence-electron chi connectivity index (χ2n) is 12.8. The predicted molar refractivity (Wildman–Crippen MR) is 194 cm³/mol. The fourth-order valence-electron chi connectivity index (χ4n) is 5.98. The van der Waals surface area contributed by atoms with E-state index >= 15 is 0 Å². The van der Waals surface area contributed by atoms with Gasteiger partial charge in [0.1, 0.15) is 11.5 Å². The first-order chi connectivity index (χ1) is 22.5. The van der Waals surface area contributed by atoms with Crippen LogP contribution in [0.5, 0.6) is 11.5 Å². The molecule has 4 aromatic carbocycles. The molecule has 0 saturated carbocycles. The van der Waals surface area contributed by atoms with Crippen LogP contribution in [0, 0.1) is 6.92 Å². The van der Waals surface area contributed by atoms with Gasteiger partial charge >= 0.3 is 5.97 Å². The maximum absolute atomic E-state index is 12.8. The summed E-state index contributed by atoms with van der Waals surface area (Å²) in [5.74, 6) is 0.928. The number of ether oxygens (including phenoxy) is 2. The lowest BCUT2D eigenvalue weighted by Gasteiger charge is -2.14. The van der Waals surface area contributed by atoms with Crippen LogP contribution in [0.25, 0.3) is 22.3 Å². The molecule has 0 bridgehead atoms. The van der Waals surface area contributed by atoms with Gasteiger partial charge in [0.15, 0.2) is 0 Å². The van der Waals surface area contributed by atoms with Crippen LogP contribution >= 0.6 is 0 Å². The highest BCUT2D eigenvalue weighted by atomic mass is 16.5. The Morgan fingerprint density at radius 2 is 1.09 bits per heavy atom. The average Bonchev–Trinajstić information content (AvgIpc) is 3.07. The zero-order chi connectivity index (χ0) is 32.6. The number of carbonyl (C=O) groups is 1. The van der Waals surface area contributed by atoms with E-state index in [4.69, 9.17) is 9.47 Å². The molecule has 46 heavy (non-hydrogen) atoms. The molecule has 0 fully saturated rings. The van der Waals surface area contributed by atoms with E-state index in [2.05, 4.69) is 70.2 Å². The summed E-state index contributed by atoms with van der Waals surface area (Å²) in [6, 6.07) is 30.5. The maximum atomic E-state index is 12.8. The van der Waals surface area contributed by atoms with E-state index < -0.39 is 0 Å². The van der Waals surface area contributed by atoms with Gasteiger partial charge in [-0.2, -0.15) is 0 Å². The number of esters is 1. The van der Waals surface area contributed by atoms with Crippen LogP contribution in [-0.4, -0.2) is 12.1 Å². The van der Waals surface area contributed by atoms with Crippen molar-refractivity contribution in [2.24, 2.45) is 0 Å². The van der Waals surface area contributed by atoms with Gasteiger partial charge in [0, 0.05) is 0 Å². The summed E-state index contributed by atoms with van der Waals surface area (Å²) in [6.07, 6.45) is 16.8. The molecule has 0 amide bonds. The highest BCUT2D eigenvalue weighted by molar-refractivity contribution is 5.91. The van der Waals surface area contributed by atoms with Crippen molar-refractivity contribution in [3.8, 4) is 33.8 Å². The fraction of sp³-hybridized carbons (Fsp3) is 0.419. The third-order valence-corrected chi connectivity index (χ3v) is 8.90. The molecule has 0 saturated heterocycles. The molecular weight excluding hydrogens is 564 g/mol. The van der Waals surface area contributed by atoms with Gasteiger partial charge in [-0.1, -0.05) is 126 Å². The van der Waals surface area contributed by atoms with Gasteiger partial charge < -0.3 is 9.47 Å². The number of aryl methyl sites for hydroxylation is 2. The summed E-state index contributed by atoms with van der Waals surface area (Å²) in [5, 5.41) is 0. The minimum absolute atomic E-state index is 0.166. The summed E-state index contributed by atoms with van der Waals surface area (Å²) in [5.41, 5.74) is 8.02. The summed E-state index contributed by atoms with van der Waals surface area (Å²) < 4.78 is 11.6. The van der Waals surface area contributed by atoms with Gasteiger partial charge in [-0.05, 0) is 109 Å². The lowest BCUT2D eigenvalue weighted by molar-refractivity contribution is 0.0734. The fourth-order valence-corrected chi connectivity index (χ4v) is 5.98. The highest BCUT2D eigenvalue weighted by Gasteiger charge is 2.11. The lowest BCUT2D eigenvalue weighted by Crippen LogP contribution is -2.11. The summed E-state index contributed by atoms with van der Waals surface area (Å²) >= 11 is 0. The number of hydrogen-bond donors (Lipinski definition) is 0. The minimum Gasteiger partial charge on any atom is -0.491 e. The number of rotatable bonds is 19. The largest absolute Gasteiger partial charge is 0.491 e. The van der Waals surface area contributed by atoms with E-state index in [1.807, 2.05) is 36.4 Å². The molecule has 0 N–H and O–H groups in total. The van der Waals surface area contributed by atoms with Crippen molar-refractivity contribution in [3.63, 3.8) is 0 Å².